The van der Waals surface area contributed by atoms with Crippen molar-refractivity contribution >= 4 is 17.8 Å². The zero-order valence-corrected chi connectivity index (χ0v) is 10.6. The van der Waals surface area contributed by atoms with Gasteiger partial charge in [0.1, 0.15) is 0 Å². The quantitative estimate of drug-likeness (QED) is 0.553. The Morgan fingerprint density at radius 1 is 1.10 bits per heavy atom. The van der Waals surface area contributed by atoms with Crippen LogP contribution in [0.15, 0.2) is 42.5 Å². The minimum atomic E-state index is -1.22. The summed E-state index contributed by atoms with van der Waals surface area (Å²) < 4.78 is 0. The van der Waals surface area contributed by atoms with Crippen molar-refractivity contribution in [2.24, 2.45) is 5.92 Å². The Kier molecular flexibility index (Phi) is 4.14. The third-order valence-electron chi connectivity index (χ3n) is 3.04. The molecule has 2 amide bonds. The molecule has 1 aromatic carbocycles. The van der Waals surface area contributed by atoms with E-state index in [0.717, 1.165) is 18.1 Å². The molecule has 2 atom stereocenters. The van der Waals surface area contributed by atoms with E-state index in [1.807, 2.05) is 30.3 Å². The molecule has 3 N–H and O–H groups in total. The van der Waals surface area contributed by atoms with Gasteiger partial charge in [0.25, 0.3) is 5.91 Å². The van der Waals surface area contributed by atoms with E-state index in [0.29, 0.717) is 6.08 Å². The van der Waals surface area contributed by atoms with Crippen molar-refractivity contribution in [3.05, 3.63) is 48.0 Å². The molecule has 0 radical (unpaired) electrons. The number of carbonyl (C=O) groups excluding carboxylic acids is 2. The largest absolute Gasteiger partial charge is 0.478 e. The lowest BCUT2D eigenvalue weighted by molar-refractivity contribution is -0.131. The molecule has 0 heterocycles. The molecule has 1 aliphatic rings. The molecule has 1 fully saturated rings. The smallest absolute Gasteiger partial charge is 0.328 e. The van der Waals surface area contributed by atoms with Gasteiger partial charge in [0.05, 0.1) is 0 Å². The molecular formula is C14H14N2O4. The number of carboxylic acids is 1. The monoisotopic (exact) mass is 274 g/mol. The van der Waals surface area contributed by atoms with Gasteiger partial charge in [-0.1, -0.05) is 30.3 Å². The first-order chi connectivity index (χ1) is 9.58. The number of rotatable bonds is 4. The van der Waals surface area contributed by atoms with Crippen LogP contribution in [0.4, 0.5) is 0 Å². The van der Waals surface area contributed by atoms with Crippen LogP contribution in [-0.2, 0) is 14.4 Å². The fourth-order valence-electron chi connectivity index (χ4n) is 1.96. The van der Waals surface area contributed by atoms with Crippen molar-refractivity contribution in [2.45, 2.75) is 12.3 Å². The molecule has 6 heteroatoms. The summed E-state index contributed by atoms with van der Waals surface area (Å²) in [6.45, 7) is 0. The molecule has 1 saturated carbocycles. The molecule has 0 unspecified atom stereocenters. The zero-order chi connectivity index (χ0) is 14.5. The van der Waals surface area contributed by atoms with Gasteiger partial charge < -0.3 is 5.11 Å². The minimum Gasteiger partial charge on any atom is -0.478 e. The topological polar surface area (TPSA) is 95.5 Å². The van der Waals surface area contributed by atoms with Crippen molar-refractivity contribution in [1.82, 2.24) is 10.9 Å². The molecule has 6 nitrogen and oxygen atoms in total. The van der Waals surface area contributed by atoms with E-state index in [2.05, 4.69) is 10.9 Å². The molecule has 0 bridgehead atoms. The van der Waals surface area contributed by atoms with Gasteiger partial charge in [0.2, 0.25) is 5.91 Å². The second kappa shape index (κ2) is 6.01. The lowest BCUT2D eigenvalue weighted by Gasteiger charge is -2.04. The van der Waals surface area contributed by atoms with Gasteiger partial charge in [-0.15, -0.1) is 0 Å². The van der Waals surface area contributed by atoms with Gasteiger partial charge in [0.15, 0.2) is 0 Å². The number of hydrazine groups is 1. The number of carbonyl (C=O) groups is 3. The van der Waals surface area contributed by atoms with Gasteiger partial charge in [0, 0.05) is 18.1 Å². The number of aliphatic carboxylic acids is 1. The van der Waals surface area contributed by atoms with Crippen molar-refractivity contribution < 1.29 is 19.5 Å². The summed E-state index contributed by atoms with van der Waals surface area (Å²) in [6, 6.07) is 9.68. The van der Waals surface area contributed by atoms with Gasteiger partial charge in [-0.2, -0.15) is 0 Å². The van der Waals surface area contributed by atoms with Crippen LogP contribution in [0.2, 0.25) is 0 Å². The van der Waals surface area contributed by atoms with Crippen molar-refractivity contribution in [3.63, 3.8) is 0 Å². The minimum absolute atomic E-state index is 0.152. The standard InChI is InChI=1S/C14H14N2O4/c17-12(6-7-13(18)19)15-16-14(20)11-8-10(11)9-4-2-1-3-5-9/h1-7,10-11H,8H2,(H,15,17)(H,16,20)(H,18,19)/b7-6-/t10-,11-/m1/s1. The van der Waals surface area contributed by atoms with Crippen molar-refractivity contribution in [3.8, 4) is 0 Å². The summed E-state index contributed by atoms with van der Waals surface area (Å²) in [5.74, 6) is -2.14. The second-order valence-electron chi connectivity index (χ2n) is 4.51. The van der Waals surface area contributed by atoms with Crippen molar-refractivity contribution in [1.29, 1.82) is 0 Å². The Hall–Kier alpha value is -2.63. The maximum Gasteiger partial charge on any atom is 0.328 e. The average molecular weight is 274 g/mol. The van der Waals surface area contributed by atoms with Crippen LogP contribution in [0.25, 0.3) is 0 Å². The maximum atomic E-state index is 11.8. The van der Waals surface area contributed by atoms with Crippen LogP contribution in [0.5, 0.6) is 0 Å². The van der Waals surface area contributed by atoms with Crippen LogP contribution in [0, 0.1) is 5.92 Å². The molecule has 0 spiro atoms. The summed E-state index contributed by atoms with van der Waals surface area (Å²) in [5.41, 5.74) is 5.53. The molecule has 104 valence electrons. The summed E-state index contributed by atoms with van der Waals surface area (Å²) in [4.78, 5) is 33.1. The summed E-state index contributed by atoms with van der Waals surface area (Å²) in [6.07, 6.45) is 2.28. The lowest BCUT2D eigenvalue weighted by Crippen LogP contribution is -2.41. The molecule has 0 aliphatic heterocycles. The van der Waals surface area contributed by atoms with E-state index < -0.39 is 11.9 Å². The molecule has 1 aliphatic carbocycles. The molecule has 0 aromatic heterocycles. The van der Waals surface area contributed by atoms with Gasteiger partial charge in [-0.3, -0.25) is 20.4 Å². The van der Waals surface area contributed by atoms with Gasteiger partial charge in [-0.05, 0) is 17.9 Å². The van der Waals surface area contributed by atoms with E-state index in [-0.39, 0.29) is 17.7 Å². The Bertz CT molecular complexity index is 554. The Morgan fingerprint density at radius 3 is 2.45 bits per heavy atom. The molecule has 20 heavy (non-hydrogen) atoms. The Labute approximate surface area is 115 Å². The van der Waals surface area contributed by atoms with Crippen molar-refractivity contribution in [2.75, 3.05) is 0 Å². The lowest BCUT2D eigenvalue weighted by atomic mass is 10.1. The molecule has 1 aromatic rings. The third kappa shape index (κ3) is 3.68. The second-order valence-corrected chi connectivity index (χ2v) is 4.51. The summed E-state index contributed by atoms with van der Waals surface area (Å²) in [5, 5.41) is 8.34. The molecule has 0 saturated heterocycles. The Balaban J connectivity index is 1.77. The first-order valence-electron chi connectivity index (χ1n) is 6.13. The predicted octanol–water partition coefficient (Wildman–Crippen LogP) is 0.578. The fraction of sp³-hybridized carbons (Fsp3) is 0.214. The normalized spacial score (nSPS) is 20.4. The highest BCUT2D eigenvalue weighted by molar-refractivity contribution is 5.95. The highest BCUT2D eigenvalue weighted by Gasteiger charge is 2.43. The maximum absolute atomic E-state index is 11.8. The number of amides is 2. The number of benzene rings is 1. The van der Waals surface area contributed by atoms with E-state index in [1.54, 1.807) is 0 Å². The van der Waals surface area contributed by atoms with Crippen LogP contribution in [0.1, 0.15) is 17.9 Å². The fourth-order valence-corrected chi connectivity index (χ4v) is 1.96. The first kappa shape index (κ1) is 13.8. The number of carboxylic acid groups (broad SMARTS) is 1. The zero-order valence-electron chi connectivity index (χ0n) is 10.6. The molecular weight excluding hydrogens is 260 g/mol. The van der Waals surface area contributed by atoms with Gasteiger partial charge >= 0.3 is 5.97 Å². The van der Waals surface area contributed by atoms with Crippen LogP contribution >= 0.6 is 0 Å². The summed E-state index contributed by atoms with van der Waals surface area (Å²) in [7, 11) is 0. The van der Waals surface area contributed by atoms with Crippen LogP contribution < -0.4 is 10.9 Å². The average Bonchev–Trinajstić information content (AvgIpc) is 3.24. The highest BCUT2D eigenvalue weighted by atomic mass is 16.4. The Morgan fingerprint density at radius 2 is 1.80 bits per heavy atom. The SMILES string of the molecule is O=C(O)/C=C\C(=O)NNC(=O)[C@@H]1C[C@@H]1c1ccccc1. The van der Waals surface area contributed by atoms with E-state index >= 15 is 0 Å². The number of hydrogen-bond acceptors (Lipinski definition) is 3. The molecule has 2 rings (SSSR count). The van der Waals surface area contributed by atoms with Crippen LogP contribution in [0.3, 0.4) is 0 Å². The third-order valence-corrected chi connectivity index (χ3v) is 3.04. The first-order valence-corrected chi connectivity index (χ1v) is 6.13. The van der Waals surface area contributed by atoms with E-state index in [1.165, 1.54) is 0 Å². The van der Waals surface area contributed by atoms with Gasteiger partial charge in [-0.25, -0.2) is 4.79 Å². The van der Waals surface area contributed by atoms with E-state index in [4.69, 9.17) is 5.11 Å². The number of nitrogens with one attached hydrogen (secondary N) is 2. The van der Waals surface area contributed by atoms with E-state index in [9.17, 15) is 14.4 Å². The predicted molar refractivity (Wildman–Crippen MR) is 70.4 cm³/mol. The highest BCUT2D eigenvalue weighted by Crippen LogP contribution is 2.47. The van der Waals surface area contributed by atoms with Crippen LogP contribution in [-0.4, -0.2) is 22.9 Å². The number of hydrogen-bond donors (Lipinski definition) is 3. The summed E-state index contributed by atoms with van der Waals surface area (Å²) >= 11 is 0.